The molecule has 0 bridgehead atoms. The Hall–Kier alpha value is -0.600. The maximum atomic E-state index is 12.9. The Bertz CT molecular complexity index is 312. The van der Waals surface area contributed by atoms with Crippen molar-refractivity contribution in [1.29, 1.82) is 0 Å². The summed E-state index contributed by atoms with van der Waals surface area (Å²) in [6.07, 6.45) is 0. The molecule has 1 N–H and O–H groups in total. The monoisotopic (exact) mass is 216 g/mol. The van der Waals surface area contributed by atoms with Crippen LogP contribution in [0.5, 0.6) is 0 Å². The summed E-state index contributed by atoms with van der Waals surface area (Å²) in [6.45, 7) is 4.08. The first-order valence-corrected chi connectivity index (χ1v) is 5.00. The van der Waals surface area contributed by atoms with Gasteiger partial charge in [-0.25, -0.2) is 4.39 Å². The zero-order valence-electron chi connectivity index (χ0n) is 8.30. The van der Waals surface area contributed by atoms with Crippen LogP contribution >= 0.6 is 11.6 Å². The summed E-state index contributed by atoms with van der Waals surface area (Å²) in [5.41, 5.74) is 0.883. The summed E-state index contributed by atoms with van der Waals surface area (Å²) in [5.74, 6) is -0.0921. The number of rotatable bonds is 3. The van der Waals surface area contributed by atoms with Crippen LogP contribution in [0.2, 0.25) is 5.02 Å². The highest BCUT2D eigenvalue weighted by Gasteiger charge is 2.15. The first kappa shape index (κ1) is 11.5. The van der Waals surface area contributed by atoms with E-state index in [0.29, 0.717) is 5.92 Å². The fourth-order valence-corrected chi connectivity index (χ4v) is 1.63. The number of benzene rings is 1. The molecule has 0 fully saturated rings. The quantitative estimate of drug-likeness (QED) is 0.823. The van der Waals surface area contributed by atoms with Gasteiger partial charge in [0.15, 0.2) is 0 Å². The number of hydrogen-bond acceptors (Lipinski definition) is 1. The van der Waals surface area contributed by atoms with Gasteiger partial charge in [-0.3, -0.25) is 0 Å². The Kier molecular flexibility index (Phi) is 3.90. The highest BCUT2D eigenvalue weighted by Crippen LogP contribution is 2.27. The lowest BCUT2D eigenvalue weighted by Crippen LogP contribution is -2.11. The van der Waals surface area contributed by atoms with Crippen molar-refractivity contribution in [3.63, 3.8) is 0 Å². The number of aliphatic hydroxyl groups is 1. The van der Waals surface area contributed by atoms with Crippen molar-refractivity contribution in [2.45, 2.75) is 19.8 Å². The van der Waals surface area contributed by atoms with E-state index in [1.807, 2.05) is 13.8 Å². The third kappa shape index (κ3) is 2.46. The topological polar surface area (TPSA) is 20.2 Å². The summed E-state index contributed by atoms with van der Waals surface area (Å²) in [5, 5.41) is 9.29. The maximum absolute atomic E-state index is 12.9. The van der Waals surface area contributed by atoms with Gasteiger partial charge < -0.3 is 5.11 Å². The molecule has 0 heterocycles. The highest BCUT2D eigenvalue weighted by atomic mass is 35.5. The van der Waals surface area contributed by atoms with Gasteiger partial charge in [0.1, 0.15) is 5.82 Å². The summed E-state index contributed by atoms with van der Waals surface area (Å²) in [7, 11) is 0. The normalized spacial score (nSPS) is 13.3. The molecule has 0 aromatic heterocycles. The van der Waals surface area contributed by atoms with E-state index in [9.17, 15) is 9.50 Å². The molecule has 0 spiro atoms. The van der Waals surface area contributed by atoms with Crippen molar-refractivity contribution >= 4 is 11.6 Å². The van der Waals surface area contributed by atoms with Crippen molar-refractivity contribution in [1.82, 2.24) is 0 Å². The van der Waals surface area contributed by atoms with Gasteiger partial charge in [0.2, 0.25) is 0 Å². The Morgan fingerprint density at radius 2 is 2.07 bits per heavy atom. The molecule has 0 aliphatic heterocycles. The van der Waals surface area contributed by atoms with Gasteiger partial charge in [-0.1, -0.05) is 31.5 Å². The van der Waals surface area contributed by atoms with Gasteiger partial charge in [0.05, 0.1) is 11.6 Å². The fraction of sp³-hybridized carbons (Fsp3) is 0.455. The minimum atomic E-state index is -0.420. The molecule has 0 amide bonds. The second-order valence-corrected chi connectivity index (χ2v) is 4.11. The molecule has 0 unspecified atom stereocenters. The van der Waals surface area contributed by atoms with Crippen LogP contribution in [-0.2, 0) is 0 Å². The second kappa shape index (κ2) is 4.76. The maximum Gasteiger partial charge on any atom is 0.141 e. The summed E-state index contributed by atoms with van der Waals surface area (Å²) < 4.78 is 12.9. The fourth-order valence-electron chi connectivity index (χ4n) is 1.44. The minimum Gasteiger partial charge on any atom is -0.396 e. The van der Waals surface area contributed by atoms with Crippen LogP contribution < -0.4 is 0 Å². The molecule has 1 nitrogen and oxygen atoms in total. The van der Waals surface area contributed by atoms with Gasteiger partial charge in [-0.15, -0.1) is 0 Å². The molecule has 0 aliphatic rings. The second-order valence-electron chi connectivity index (χ2n) is 3.71. The molecule has 0 saturated heterocycles. The van der Waals surface area contributed by atoms with Crippen molar-refractivity contribution in [3.05, 3.63) is 34.6 Å². The predicted octanol–water partition coefficient (Wildman–Crippen LogP) is 3.21. The third-order valence-corrected chi connectivity index (χ3v) is 2.66. The predicted molar refractivity (Wildman–Crippen MR) is 56.1 cm³/mol. The van der Waals surface area contributed by atoms with Crippen molar-refractivity contribution in [2.24, 2.45) is 5.92 Å². The van der Waals surface area contributed by atoms with E-state index in [-0.39, 0.29) is 17.5 Å². The van der Waals surface area contributed by atoms with E-state index < -0.39 is 5.82 Å². The van der Waals surface area contributed by atoms with E-state index in [1.54, 1.807) is 12.1 Å². The van der Waals surface area contributed by atoms with E-state index in [4.69, 9.17) is 11.6 Å². The summed E-state index contributed by atoms with van der Waals surface area (Å²) in [4.78, 5) is 0. The molecule has 78 valence electrons. The van der Waals surface area contributed by atoms with Crippen LogP contribution in [0, 0.1) is 11.7 Å². The van der Waals surface area contributed by atoms with Gasteiger partial charge in [0.25, 0.3) is 0 Å². The van der Waals surface area contributed by atoms with Crippen LogP contribution in [0.4, 0.5) is 4.39 Å². The standard InChI is InChI=1S/C11H14ClFO/c1-7(2)9(6-14)8-3-4-11(13)10(12)5-8/h3-5,7,9,14H,6H2,1-2H3/t9-/m0/s1. The molecule has 3 heteroatoms. The lowest BCUT2D eigenvalue weighted by atomic mass is 9.89. The van der Waals surface area contributed by atoms with Crippen molar-refractivity contribution in [3.8, 4) is 0 Å². The van der Waals surface area contributed by atoms with Gasteiger partial charge in [0, 0.05) is 5.92 Å². The first-order valence-electron chi connectivity index (χ1n) is 4.62. The molecule has 1 aromatic carbocycles. The third-order valence-electron chi connectivity index (χ3n) is 2.37. The summed E-state index contributed by atoms with van der Waals surface area (Å²) >= 11 is 5.66. The molecule has 0 saturated carbocycles. The molecule has 0 aliphatic carbocycles. The number of halogens is 2. The van der Waals surface area contributed by atoms with Crippen LogP contribution in [0.15, 0.2) is 18.2 Å². The van der Waals surface area contributed by atoms with Crippen molar-refractivity contribution < 1.29 is 9.50 Å². The Morgan fingerprint density at radius 3 is 2.50 bits per heavy atom. The van der Waals surface area contributed by atoms with Crippen molar-refractivity contribution in [2.75, 3.05) is 6.61 Å². The number of hydrogen-bond donors (Lipinski definition) is 1. The zero-order chi connectivity index (χ0) is 10.7. The SMILES string of the molecule is CC(C)[C@H](CO)c1ccc(F)c(Cl)c1. The van der Waals surface area contributed by atoms with E-state index >= 15 is 0 Å². The first-order chi connectivity index (χ1) is 6.56. The lowest BCUT2D eigenvalue weighted by Gasteiger charge is -2.18. The molecular weight excluding hydrogens is 203 g/mol. The van der Waals surface area contributed by atoms with Crippen LogP contribution in [0.1, 0.15) is 25.3 Å². The van der Waals surface area contributed by atoms with Crippen LogP contribution in [-0.4, -0.2) is 11.7 Å². The van der Waals surface area contributed by atoms with Gasteiger partial charge >= 0.3 is 0 Å². The lowest BCUT2D eigenvalue weighted by molar-refractivity contribution is 0.237. The average molecular weight is 217 g/mol. The molecule has 0 radical (unpaired) electrons. The van der Waals surface area contributed by atoms with Crippen LogP contribution in [0.3, 0.4) is 0 Å². The van der Waals surface area contributed by atoms with E-state index in [2.05, 4.69) is 0 Å². The molecule has 1 aromatic rings. The smallest absolute Gasteiger partial charge is 0.141 e. The van der Waals surface area contributed by atoms with Crippen LogP contribution in [0.25, 0.3) is 0 Å². The Balaban J connectivity index is 3.00. The molecule has 1 rings (SSSR count). The summed E-state index contributed by atoms with van der Waals surface area (Å²) in [6, 6.07) is 4.59. The van der Waals surface area contributed by atoms with E-state index in [1.165, 1.54) is 6.07 Å². The largest absolute Gasteiger partial charge is 0.396 e. The Morgan fingerprint density at radius 1 is 1.43 bits per heavy atom. The average Bonchev–Trinajstić information content (AvgIpc) is 2.11. The zero-order valence-corrected chi connectivity index (χ0v) is 9.05. The highest BCUT2D eigenvalue weighted by molar-refractivity contribution is 6.30. The Labute approximate surface area is 88.5 Å². The minimum absolute atomic E-state index is 0.0214. The van der Waals surface area contributed by atoms with Gasteiger partial charge in [-0.2, -0.15) is 0 Å². The molecule has 14 heavy (non-hydrogen) atoms. The molecular formula is C11H14ClFO. The molecule has 1 atom stereocenters. The van der Waals surface area contributed by atoms with Gasteiger partial charge in [-0.05, 0) is 23.6 Å². The number of aliphatic hydroxyl groups excluding tert-OH is 1. The van der Waals surface area contributed by atoms with E-state index in [0.717, 1.165) is 5.56 Å².